The molecule has 0 saturated carbocycles. The molecular formula is C14H15NO3. The number of carbonyl (C=O) groups excluding carboxylic acids is 1. The van der Waals surface area contributed by atoms with Crippen LogP contribution in [0.3, 0.4) is 0 Å². The maximum atomic E-state index is 11.8. The summed E-state index contributed by atoms with van der Waals surface area (Å²) in [6, 6.07) is 3.86. The lowest BCUT2D eigenvalue weighted by Gasteiger charge is -2.02. The Bertz CT molecular complexity index is 680. The second kappa shape index (κ2) is 3.98. The van der Waals surface area contributed by atoms with Crippen molar-refractivity contribution in [3.05, 3.63) is 34.5 Å². The fourth-order valence-electron chi connectivity index (χ4n) is 2.53. The van der Waals surface area contributed by atoms with E-state index in [0.717, 1.165) is 22.0 Å². The monoisotopic (exact) mass is 245 g/mol. The molecule has 2 rings (SSSR count). The zero-order valence-corrected chi connectivity index (χ0v) is 10.9. The third kappa shape index (κ3) is 1.61. The highest BCUT2D eigenvalue weighted by Gasteiger charge is 2.24. The summed E-state index contributed by atoms with van der Waals surface area (Å²) in [6.07, 6.45) is 0. The van der Waals surface area contributed by atoms with Crippen LogP contribution in [0.2, 0.25) is 0 Å². The Balaban J connectivity index is 3.06. The van der Waals surface area contributed by atoms with Crippen LogP contribution >= 0.6 is 0 Å². The van der Waals surface area contributed by atoms with Gasteiger partial charge in [0.05, 0.1) is 5.56 Å². The molecule has 0 spiro atoms. The first-order valence-electron chi connectivity index (χ1n) is 5.68. The number of aromatic carboxylic acids is 1. The number of aromatic nitrogens is 1. The van der Waals surface area contributed by atoms with Gasteiger partial charge in [0.25, 0.3) is 0 Å². The highest BCUT2D eigenvalue weighted by atomic mass is 16.4. The van der Waals surface area contributed by atoms with Crippen molar-refractivity contribution in [3.63, 3.8) is 0 Å². The van der Waals surface area contributed by atoms with E-state index in [0.29, 0.717) is 5.56 Å². The second-order valence-electron chi connectivity index (χ2n) is 4.62. The van der Waals surface area contributed by atoms with Gasteiger partial charge in [0, 0.05) is 18.0 Å². The van der Waals surface area contributed by atoms with E-state index in [2.05, 4.69) is 0 Å². The van der Waals surface area contributed by atoms with E-state index in [1.165, 1.54) is 6.92 Å². The van der Waals surface area contributed by atoms with Gasteiger partial charge in [-0.15, -0.1) is 0 Å². The van der Waals surface area contributed by atoms with Crippen LogP contribution in [0.1, 0.15) is 38.9 Å². The number of hydrogen-bond acceptors (Lipinski definition) is 2. The molecule has 0 amide bonds. The molecule has 94 valence electrons. The Morgan fingerprint density at radius 3 is 2.33 bits per heavy atom. The van der Waals surface area contributed by atoms with Gasteiger partial charge in [-0.2, -0.15) is 0 Å². The highest BCUT2D eigenvalue weighted by Crippen LogP contribution is 2.29. The maximum absolute atomic E-state index is 11.8. The number of carbonyl (C=O) groups is 2. The van der Waals surface area contributed by atoms with Crippen molar-refractivity contribution in [2.24, 2.45) is 7.05 Å². The SMILES string of the molecule is CC(=O)c1c(C(=O)O)n(C)c2cc(C)cc(C)c12. The average Bonchev–Trinajstić information content (AvgIpc) is 2.52. The molecular weight excluding hydrogens is 230 g/mol. The van der Waals surface area contributed by atoms with E-state index in [9.17, 15) is 14.7 Å². The number of carboxylic acid groups (broad SMARTS) is 1. The van der Waals surface area contributed by atoms with Gasteiger partial charge in [-0.3, -0.25) is 4.79 Å². The van der Waals surface area contributed by atoms with Crippen LogP contribution in [0.15, 0.2) is 12.1 Å². The van der Waals surface area contributed by atoms with Gasteiger partial charge >= 0.3 is 5.97 Å². The van der Waals surface area contributed by atoms with Crippen LogP contribution in [0.4, 0.5) is 0 Å². The molecule has 18 heavy (non-hydrogen) atoms. The Kier molecular flexibility index (Phi) is 2.73. The highest BCUT2D eigenvalue weighted by molar-refractivity contribution is 6.15. The minimum absolute atomic E-state index is 0.0613. The Labute approximate surface area is 105 Å². The van der Waals surface area contributed by atoms with Crippen molar-refractivity contribution < 1.29 is 14.7 Å². The van der Waals surface area contributed by atoms with Gasteiger partial charge in [-0.1, -0.05) is 6.07 Å². The van der Waals surface area contributed by atoms with E-state index in [4.69, 9.17) is 0 Å². The molecule has 4 heteroatoms. The Hall–Kier alpha value is -2.10. The van der Waals surface area contributed by atoms with Gasteiger partial charge in [0.1, 0.15) is 5.69 Å². The fourth-order valence-corrected chi connectivity index (χ4v) is 2.53. The normalized spacial score (nSPS) is 10.9. The van der Waals surface area contributed by atoms with Crippen LogP contribution in [0.25, 0.3) is 10.9 Å². The number of rotatable bonds is 2. The van der Waals surface area contributed by atoms with Crippen molar-refractivity contribution in [3.8, 4) is 0 Å². The molecule has 0 fully saturated rings. The summed E-state index contributed by atoms with van der Waals surface area (Å²) in [5, 5.41) is 10.0. The van der Waals surface area contributed by atoms with Gasteiger partial charge in [0.15, 0.2) is 5.78 Å². The number of ketones is 1. The first-order valence-corrected chi connectivity index (χ1v) is 5.68. The predicted octanol–water partition coefficient (Wildman–Crippen LogP) is 2.70. The number of aryl methyl sites for hydroxylation is 3. The van der Waals surface area contributed by atoms with Gasteiger partial charge < -0.3 is 9.67 Å². The Morgan fingerprint density at radius 2 is 1.83 bits per heavy atom. The molecule has 1 heterocycles. The van der Waals surface area contributed by atoms with Crippen LogP contribution in [0.5, 0.6) is 0 Å². The maximum Gasteiger partial charge on any atom is 0.353 e. The van der Waals surface area contributed by atoms with E-state index >= 15 is 0 Å². The van der Waals surface area contributed by atoms with E-state index in [1.807, 2.05) is 26.0 Å². The first-order chi connectivity index (χ1) is 8.34. The average molecular weight is 245 g/mol. The van der Waals surface area contributed by atoms with E-state index in [1.54, 1.807) is 11.6 Å². The smallest absolute Gasteiger partial charge is 0.353 e. The lowest BCUT2D eigenvalue weighted by molar-refractivity contribution is 0.0682. The number of Topliss-reactive ketones (excluding diaryl/α,β-unsaturated/α-hetero) is 1. The van der Waals surface area contributed by atoms with E-state index < -0.39 is 5.97 Å². The van der Waals surface area contributed by atoms with Gasteiger partial charge in [-0.25, -0.2) is 4.79 Å². The van der Waals surface area contributed by atoms with Crippen molar-refractivity contribution in [1.29, 1.82) is 0 Å². The standard InChI is InChI=1S/C14H15NO3/c1-7-5-8(2)11-10(6-7)15(4)13(14(17)18)12(11)9(3)16/h5-6H,1-4H3,(H,17,18). The first kappa shape index (κ1) is 12.4. The second-order valence-corrected chi connectivity index (χ2v) is 4.62. The van der Waals surface area contributed by atoms with Gasteiger partial charge in [-0.05, 0) is 38.0 Å². The summed E-state index contributed by atoms with van der Waals surface area (Å²) in [6.45, 7) is 5.25. The number of fused-ring (bicyclic) bond motifs is 1. The molecule has 1 aromatic heterocycles. The van der Waals surface area contributed by atoms with Crippen LogP contribution in [-0.2, 0) is 7.05 Å². The van der Waals surface area contributed by atoms with Crippen molar-refractivity contribution in [1.82, 2.24) is 4.57 Å². The molecule has 4 nitrogen and oxygen atoms in total. The molecule has 0 atom stereocenters. The number of hydrogen-bond donors (Lipinski definition) is 1. The molecule has 0 saturated heterocycles. The number of carboxylic acids is 1. The van der Waals surface area contributed by atoms with Crippen LogP contribution < -0.4 is 0 Å². The summed E-state index contributed by atoms with van der Waals surface area (Å²) in [4.78, 5) is 23.1. The van der Waals surface area contributed by atoms with E-state index in [-0.39, 0.29) is 11.5 Å². The molecule has 1 aromatic carbocycles. The topological polar surface area (TPSA) is 59.3 Å². The molecule has 0 bridgehead atoms. The lowest BCUT2D eigenvalue weighted by Crippen LogP contribution is -2.09. The summed E-state index contributed by atoms with van der Waals surface area (Å²) in [5.74, 6) is -1.29. The number of nitrogens with zero attached hydrogens (tertiary/aromatic N) is 1. The minimum atomic E-state index is -1.07. The quantitative estimate of drug-likeness (QED) is 0.827. The minimum Gasteiger partial charge on any atom is -0.477 e. The molecule has 1 N–H and O–H groups in total. The summed E-state index contributed by atoms with van der Waals surface area (Å²) in [7, 11) is 1.68. The zero-order valence-electron chi connectivity index (χ0n) is 10.9. The summed E-state index contributed by atoms with van der Waals surface area (Å²) in [5.41, 5.74) is 3.13. The molecule has 0 aliphatic rings. The fraction of sp³-hybridized carbons (Fsp3) is 0.286. The predicted molar refractivity (Wildman–Crippen MR) is 69.4 cm³/mol. The molecule has 2 aromatic rings. The Morgan fingerprint density at radius 1 is 1.22 bits per heavy atom. The third-order valence-electron chi connectivity index (χ3n) is 3.20. The number of benzene rings is 1. The molecule has 0 aliphatic carbocycles. The van der Waals surface area contributed by atoms with Crippen LogP contribution in [-0.4, -0.2) is 21.4 Å². The summed E-state index contributed by atoms with van der Waals surface area (Å²) < 4.78 is 1.58. The largest absolute Gasteiger partial charge is 0.477 e. The van der Waals surface area contributed by atoms with Crippen molar-refractivity contribution >= 4 is 22.7 Å². The molecule has 0 radical (unpaired) electrons. The summed E-state index contributed by atoms with van der Waals surface area (Å²) >= 11 is 0. The lowest BCUT2D eigenvalue weighted by atomic mass is 10.0. The molecule has 0 aliphatic heterocycles. The van der Waals surface area contributed by atoms with Crippen LogP contribution in [0, 0.1) is 13.8 Å². The van der Waals surface area contributed by atoms with Gasteiger partial charge in [0.2, 0.25) is 0 Å². The van der Waals surface area contributed by atoms with Crippen molar-refractivity contribution in [2.45, 2.75) is 20.8 Å². The third-order valence-corrected chi connectivity index (χ3v) is 3.20. The zero-order chi connectivity index (χ0) is 13.6. The molecule has 0 unspecified atom stereocenters. The van der Waals surface area contributed by atoms with Crippen molar-refractivity contribution in [2.75, 3.05) is 0 Å².